The van der Waals surface area contributed by atoms with E-state index in [1.807, 2.05) is 13.8 Å². The lowest BCUT2D eigenvalue weighted by atomic mass is 10.1. The van der Waals surface area contributed by atoms with Gasteiger partial charge in [0, 0.05) is 13.0 Å². The topological polar surface area (TPSA) is 136 Å². The molecule has 0 aliphatic carbocycles. The summed E-state index contributed by atoms with van der Waals surface area (Å²) in [6.45, 7) is 4.35. The van der Waals surface area contributed by atoms with Crippen LogP contribution in [-0.2, 0) is 35.0 Å². The fourth-order valence-corrected chi connectivity index (χ4v) is 2.60. The van der Waals surface area contributed by atoms with Gasteiger partial charge in [0.05, 0.1) is 21.3 Å². The zero-order valence-corrected chi connectivity index (χ0v) is 19.5. The molecule has 1 rings (SSSR count). The second-order valence-corrected chi connectivity index (χ2v) is 7.28. The minimum atomic E-state index is -1.02. The van der Waals surface area contributed by atoms with Crippen molar-refractivity contribution in [3.05, 3.63) is 23.8 Å². The average molecular weight is 469 g/mol. The van der Waals surface area contributed by atoms with Crippen LogP contribution in [0, 0.1) is 5.92 Å². The van der Waals surface area contributed by atoms with E-state index >= 15 is 0 Å². The first-order chi connectivity index (χ1) is 15.7. The van der Waals surface area contributed by atoms with E-state index in [4.69, 9.17) is 18.9 Å². The number of esters is 2. The molecule has 1 aromatic rings. The molecule has 11 nitrogen and oxygen atoms in total. The Morgan fingerprint density at radius 1 is 0.909 bits per heavy atom. The molecule has 0 saturated carbocycles. The Labute approximate surface area is 192 Å². The molecule has 184 valence electrons. The highest BCUT2D eigenvalue weighted by Crippen LogP contribution is 2.30. The summed E-state index contributed by atoms with van der Waals surface area (Å²) in [6.07, 6.45) is -0.813. The first-order valence-electron chi connectivity index (χ1n) is 10.3. The van der Waals surface area contributed by atoms with Crippen molar-refractivity contribution in [3.8, 4) is 11.5 Å². The van der Waals surface area contributed by atoms with Gasteiger partial charge < -0.3 is 33.7 Å². The number of ether oxygens (including phenoxy) is 6. The second-order valence-electron chi connectivity index (χ2n) is 7.28. The van der Waals surface area contributed by atoms with Crippen LogP contribution in [0.2, 0.25) is 0 Å². The van der Waals surface area contributed by atoms with E-state index in [2.05, 4.69) is 14.8 Å². The van der Waals surface area contributed by atoms with Crippen LogP contribution in [0.3, 0.4) is 0 Å². The van der Waals surface area contributed by atoms with Crippen molar-refractivity contribution in [1.29, 1.82) is 0 Å². The monoisotopic (exact) mass is 469 g/mol. The van der Waals surface area contributed by atoms with E-state index < -0.39 is 24.3 Å². The molecule has 0 radical (unpaired) electrons. The standard InChI is InChI=1S/C22H31NO10/c1-14(2)6-9-19(24)31-11-10-23-16(20(25)28-3)12-15-7-8-17(32-21(26)29-4)18(13-15)33-22(27)30-5/h7-8,13-14,16,23H,6,9-12H2,1-5H3/t16-/m0/s1. The highest BCUT2D eigenvalue weighted by atomic mass is 16.7. The number of nitrogens with one attached hydrogen (secondary N) is 1. The van der Waals surface area contributed by atoms with Gasteiger partial charge in [0.2, 0.25) is 0 Å². The molecule has 0 amide bonds. The van der Waals surface area contributed by atoms with Crippen LogP contribution in [0.25, 0.3) is 0 Å². The molecule has 0 bridgehead atoms. The van der Waals surface area contributed by atoms with Crippen molar-refractivity contribution in [3.63, 3.8) is 0 Å². The Hall–Kier alpha value is -3.34. The molecule has 1 aromatic carbocycles. The van der Waals surface area contributed by atoms with E-state index in [1.165, 1.54) is 19.2 Å². The lowest BCUT2D eigenvalue weighted by Crippen LogP contribution is -2.41. The number of carbonyl (C=O) groups is 4. The maximum atomic E-state index is 12.2. The van der Waals surface area contributed by atoms with Crippen molar-refractivity contribution in [2.24, 2.45) is 5.92 Å². The van der Waals surface area contributed by atoms with Crippen molar-refractivity contribution < 1.29 is 47.6 Å². The summed E-state index contributed by atoms with van der Waals surface area (Å²) in [5, 5.41) is 2.98. The van der Waals surface area contributed by atoms with Crippen LogP contribution in [0.1, 0.15) is 32.3 Å². The number of methoxy groups -OCH3 is 3. The number of carbonyl (C=O) groups excluding carboxylic acids is 4. The van der Waals surface area contributed by atoms with E-state index in [0.717, 1.165) is 20.6 Å². The predicted octanol–water partition coefficient (Wildman–Crippen LogP) is 2.63. The lowest BCUT2D eigenvalue weighted by molar-refractivity contribution is -0.144. The fraction of sp³-hybridized carbons (Fsp3) is 0.545. The third-order valence-electron chi connectivity index (χ3n) is 4.34. The molecule has 11 heteroatoms. The van der Waals surface area contributed by atoms with Crippen LogP contribution < -0.4 is 14.8 Å². The summed E-state index contributed by atoms with van der Waals surface area (Å²) in [4.78, 5) is 46.9. The fourth-order valence-electron chi connectivity index (χ4n) is 2.60. The Balaban J connectivity index is 2.83. The smallest absolute Gasteiger partial charge is 0.468 e. The molecule has 0 heterocycles. The van der Waals surface area contributed by atoms with E-state index in [1.54, 1.807) is 6.07 Å². The van der Waals surface area contributed by atoms with Crippen LogP contribution in [0.5, 0.6) is 11.5 Å². The van der Waals surface area contributed by atoms with Gasteiger partial charge in [-0.2, -0.15) is 0 Å². The summed E-state index contributed by atoms with van der Waals surface area (Å²) < 4.78 is 28.9. The Morgan fingerprint density at radius 2 is 1.55 bits per heavy atom. The van der Waals surface area contributed by atoms with Crippen LogP contribution >= 0.6 is 0 Å². The molecule has 0 fully saturated rings. The highest BCUT2D eigenvalue weighted by Gasteiger charge is 2.22. The zero-order valence-electron chi connectivity index (χ0n) is 19.5. The van der Waals surface area contributed by atoms with Gasteiger partial charge in [0.1, 0.15) is 12.6 Å². The van der Waals surface area contributed by atoms with Crippen molar-refractivity contribution in [1.82, 2.24) is 5.32 Å². The van der Waals surface area contributed by atoms with Gasteiger partial charge in [-0.1, -0.05) is 19.9 Å². The minimum absolute atomic E-state index is 0.0770. The summed E-state index contributed by atoms with van der Waals surface area (Å²) in [5.74, 6) is -0.617. The molecule has 0 spiro atoms. The maximum Gasteiger partial charge on any atom is 0.513 e. The van der Waals surface area contributed by atoms with E-state index in [0.29, 0.717) is 17.9 Å². The van der Waals surface area contributed by atoms with Crippen molar-refractivity contribution >= 4 is 24.2 Å². The lowest BCUT2D eigenvalue weighted by Gasteiger charge is -2.18. The van der Waals surface area contributed by atoms with Gasteiger partial charge in [-0.05, 0) is 36.5 Å². The summed E-state index contributed by atoms with van der Waals surface area (Å²) in [7, 11) is 3.51. The van der Waals surface area contributed by atoms with Crippen LogP contribution in [0.15, 0.2) is 18.2 Å². The number of benzene rings is 1. The first-order valence-corrected chi connectivity index (χ1v) is 10.3. The third-order valence-corrected chi connectivity index (χ3v) is 4.34. The molecule has 33 heavy (non-hydrogen) atoms. The largest absolute Gasteiger partial charge is 0.513 e. The second kappa shape index (κ2) is 14.7. The third kappa shape index (κ3) is 10.7. The average Bonchev–Trinajstić information content (AvgIpc) is 2.80. The normalized spacial score (nSPS) is 11.3. The highest BCUT2D eigenvalue weighted by molar-refractivity contribution is 5.76. The molecule has 0 aromatic heterocycles. The first kappa shape index (κ1) is 27.7. The van der Waals surface area contributed by atoms with Gasteiger partial charge in [-0.25, -0.2) is 9.59 Å². The van der Waals surface area contributed by atoms with Crippen LogP contribution in [0.4, 0.5) is 9.59 Å². The van der Waals surface area contributed by atoms with Crippen molar-refractivity contribution in [2.75, 3.05) is 34.5 Å². The molecular formula is C22H31NO10. The van der Waals surface area contributed by atoms with Gasteiger partial charge in [-0.15, -0.1) is 0 Å². The summed E-state index contributed by atoms with van der Waals surface area (Å²) >= 11 is 0. The molecule has 0 aliphatic rings. The molecular weight excluding hydrogens is 438 g/mol. The van der Waals surface area contributed by atoms with E-state index in [9.17, 15) is 19.2 Å². The zero-order chi connectivity index (χ0) is 24.8. The van der Waals surface area contributed by atoms with Gasteiger partial charge in [0.25, 0.3) is 0 Å². The Bertz CT molecular complexity index is 808. The Kier molecular flexibility index (Phi) is 12.3. The summed E-state index contributed by atoms with van der Waals surface area (Å²) in [5.41, 5.74) is 0.558. The number of rotatable bonds is 12. The summed E-state index contributed by atoms with van der Waals surface area (Å²) in [6, 6.07) is 3.60. The minimum Gasteiger partial charge on any atom is -0.468 e. The van der Waals surface area contributed by atoms with Gasteiger partial charge in [-0.3, -0.25) is 9.59 Å². The van der Waals surface area contributed by atoms with Crippen molar-refractivity contribution in [2.45, 2.75) is 39.2 Å². The Morgan fingerprint density at radius 3 is 2.12 bits per heavy atom. The molecule has 1 N–H and O–H groups in total. The van der Waals surface area contributed by atoms with Gasteiger partial charge >= 0.3 is 24.2 Å². The predicted molar refractivity (Wildman–Crippen MR) is 115 cm³/mol. The molecule has 0 unspecified atom stereocenters. The molecule has 0 aliphatic heterocycles. The van der Waals surface area contributed by atoms with E-state index in [-0.39, 0.29) is 37.0 Å². The van der Waals surface area contributed by atoms with Gasteiger partial charge in [0.15, 0.2) is 11.5 Å². The molecule has 1 atom stereocenters. The number of hydrogen-bond acceptors (Lipinski definition) is 11. The number of hydrogen-bond donors (Lipinski definition) is 1. The maximum absolute atomic E-state index is 12.2. The molecule has 0 saturated heterocycles. The quantitative estimate of drug-likeness (QED) is 0.209. The SMILES string of the molecule is COC(=O)Oc1ccc(C[C@H](NCCOC(=O)CCC(C)C)C(=O)OC)cc1OC(=O)OC. The van der Waals surface area contributed by atoms with Crippen LogP contribution in [-0.4, -0.2) is 64.8 Å².